The minimum atomic E-state index is -0.603. The molecule has 1 aliphatic rings. The monoisotopic (exact) mass is 211 g/mol. The molecule has 82 valence electrons. The smallest absolute Gasteiger partial charge is 0.163 e. The first kappa shape index (κ1) is 10.2. The molecule has 0 aliphatic heterocycles. The van der Waals surface area contributed by atoms with Crippen molar-refractivity contribution < 1.29 is 14.2 Å². The lowest BCUT2D eigenvalue weighted by atomic mass is 9.72. The molecule has 2 rings (SSSR count). The van der Waals surface area contributed by atoms with E-state index in [1.807, 2.05) is 0 Å². The van der Waals surface area contributed by atoms with Crippen LogP contribution in [0, 0.1) is 5.82 Å². The van der Waals surface area contributed by atoms with E-state index < -0.39 is 11.4 Å². The number of phenols is 1. The van der Waals surface area contributed by atoms with Crippen LogP contribution in [-0.4, -0.2) is 12.2 Å². The number of aromatic hydroxyl groups is 1. The summed E-state index contributed by atoms with van der Waals surface area (Å²) >= 11 is 0. The topological polar surface area (TPSA) is 55.5 Å². The summed E-state index contributed by atoms with van der Waals surface area (Å²) in [5.74, 6) is -0.336. The number of benzene rings is 1. The first-order valence-electron chi connectivity index (χ1n) is 4.93. The molecule has 0 aromatic heterocycles. The van der Waals surface area contributed by atoms with E-state index in [4.69, 9.17) is 10.5 Å². The van der Waals surface area contributed by atoms with Crippen molar-refractivity contribution in [3.63, 3.8) is 0 Å². The van der Waals surface area contributed by atoms with Crippen LogP contribution in [0.25, 0.3) is 0 Å². The van der Waals surface area contributed by atoms with Crippen molar-refractivity contribution >= 4 is 0 Å². The van der Waals surface area contributed by atoms with Gasteiger partial charge in [-0.3, -0.25) is 0 Å². The van der Waals surface area contributed by atoms with E-state index in [9.17, 15) is 9.50 Å². The van der Waals surface area contributed by atoms with E-state index in [1.165, 1.54) is 19.2 Å². The van der Waals surface area contributed by atoms with Crippen LogP contribution < -0.4 is 10.5 Å². The molecule has 3 N–H and O–H groups in total. The molecule has 0 atom stereocenters. The standard InChI is InChI=1S/C11H14FNO2/c1-15-10-6-8(12)7(5-9(10)14)11(13)3-2-4-11/h5-6,14H,2-4,13H2,1H3. The average molecular weight is 211 g/mol. The predicted octanol–water partition coefficient (Wildman–Crippen LogP) is 1.88. The lowest BCUT2D eigenvalue weighted by molar-refractivity contribution is 0.243. The van der Waals surface area contributed by atoms with Crippen molar-refractivity contribution in [2.45, 2.75) is 24.8 Å². The Labute approximate surface area is 87.7 Å². The summed E-state index contributed by atoms with van der Waals surface area (Å²) in [5.41, 5.74) is 5.77. The summed E-state index contributed by atoms with van der Waals surface area (Å²) in [4.78, 5) is 0. The quantitative estimate of drug-likeness (QED) is 0.785. The third kappa shape index (κ3) is 1.55. The number of hydrogen-bond acceptors (Lipinski definition) is 3. The second kappa shape index (κ2) is 3.38. The van der Waals surface area contributed by atoms with Crippen molar-refractivity contribution in [2.24, 2.45) is 5.73 Å². The average Bonchev–Trinajstić information content (AvgIpc) is 2.17. The predicted molar refractivity (Wildman–Crippen MR) is 54.3 cm³/mol. The van der Waals surface area contributed by atoms with Gasteiger partial charge in [-0.05, 0) is 25.3 Å². The Hall–Kier alpha value is -1.29. The number of hydrogen-bond donors (Lipinski definition) is 2. The van der Waals surface area contributed by atoms with E-state index in [0.29, 0.717) is 5.56 Å². The van der Waals surface area contributed by atoms with Gasteiger partial charge >= 0.3 is 0 Å². The fraction of sp³-hybridized carbons (Fsp3) is 0.455. The molecule has 0 spiro atoms. The minimum Gasteiger partial charge on any atom is -0.504 e. The van der Waals surface area contributed by atoms with Gasteiger partial charge in [0.15, 0.2) is 11.5 Å². The Morgan fingerprint density at radius 2 is 2.13 bits per heavy atom. The van der Waals surface area contributed by atoms with Gasteiger partial charge in [-0.15, -0.1) is 0 Å². The minimum absolute atomic E-state index is 0.0642. The molecule has 1 saturated carbocycles. The fourth-order valence-electron chi connectivity index (χ4n) is 1.92. The summed E-state index contributed by atoms with van der Waals surface area (Å²) in [6, 6.07) is 2.55. The number of halogens is 1. The van der Waals surface area contributed by atoms with Gasteiger partial charge in [-0.2, -0.15) is 0 Å². The number of methoxy groups -OCH3 is 1. The van der Waals surface area contributed by atoms with Crippen LogP contribution in [0.3, 0.4) is 0 Å². The molecule has 15 heavy (non-hydrogen) atoms. The van der Waals surface area contributed by atoms with Gasteiger partial charge in [-0.1, -0.05) is 0 Å². The molecule has 4 heteroatoms. The zero-order valence-electron chi connectivity index (χ0n) is 8.59. The van der Waals surface area contributed by atoms with Gasteiger partial charge in [0.1, 0.15) is 5.82 Å². The molecule has 0 bridgehead atoms. The Morgan fingerprint density at radius 1 is 1.47 bits per heavy atom. The molecule has 1 fully saturated rings. The highest BCUT2D eigenvalue weighted by molar-refractivity contribution is 5.45. The van der Waals surface area contributed by atoms with E-state index in [-0.39, 0.29) is 11.5 Å². The largest absolute Gasteiger partial charge is 0.504 e. The number of rotatable bonds is 2. The van der Waals surface area contributed by atoms with Crippen LogP contribution in [0.2, 0.25) is 0 Å². The molecule has 1 aliphatic carbocycles. The van der Waals surface area contributed by atoms with Gasteiger partial charge < -0.3 is 15.6 Å². The summed E-state index contributed by atoms with van der Waals surface area (Å²) in [5, 5.41) is 9.55. The zero-order chi connectivity index (χ0) is 11.1. The molecular formula is C11H14FNO2. The second-order valence-electron chi connectivity index (χ2n) is 4.01. The third-order valence-electron chi connectivity index (χ3n) is 3.05. The van der Waals surface area contributed by atoms with Gasteiger partial charge in [0.25, 0.3) is 0 Å². The van der Waals surface area contributed by atoms with Gasteiger partial charge in [0.2, 0.25) is 0 Å². The highest BCUT2D eigenvalue weighted by Crippen LogP contribution is 2.42. The van der Waals surface area contributed by atoms with Crippen molar-refractivity contribution in [3.05, 3.63) is 23.5 Å². The van der Waals surface area contributed by atoms with E-state index >= 15 is 0 Å². The lowest BCUT2D eigenvalue weighted by Gasteiger charge is -2.38. The van der Waals surface area contributed by atoms with Crippen LogP contribution in [0.4, 0.5) is 4.39 Å². The van der Waals surface area contributed by atoms with Crippen LogP contribution in [0.5, 0.6) is 11.5 Å². The first-order chi connectivity index (χ1) is 7.07. The molecule has 0 heterocycles. The Kier molecular flexibility index (Phi) is 2.31. The molecule has 1 aromatic carbocycles. The normalized spacial score (nSPS) is 18.3. The second-order valence-corrected chi connectivity index (χ2v) is 4.01. The van der Waals surface area contributed by atoms with Crippen molar-refractivity contribution in [1.29, 1.82) is 0 Å². The SMILES string of the molecule is COc1cc(F)c(C2(N)CCC2)cc1O. The summed E-state index contributed by atoms with van der Waals surface area (Å²) in [6.45, 7) is 0. The first-order valence-corrected chi connectivity index (χ1v) is 4.93. The van der Waals surface area contributed by atoms with Gasteiger partial charge in [-0.25, -0.2) is 4.39 Å². The van der Waals surface area contributed by atoms with Gasteiger partial charge in [0, 0.05) is 17.2 Å². The maximum Gasteiger partial charge on any atom is 0.163 e. The Bertz CT molecular complexity index is 388. The molecule has 0 radical (unpaired) electrons. The zero-order valence-corrected chi connectivity index (χ0v) is 8.59. The maximum absolute atomic E-state index is 13.7. The highest BCUT2D eigenvalue weighted by Gasteiger charge is 2.37. The van der Waals surface area contributed by atoms with E-state index in [0.717, 1.165) is 19.3 Å². The molecular weight excluding hydrogens is 197 g/mol. The van der Waals surface area contributed by atoms with Crippen LogP contribution in [-0.2, 0) is 5.54 Å². The maximum atomic E-state index is 13.7. The van der Waals surface area contributed by atoms with Crippen LogP contribution in [0.1, 0.15) is 24.8 Å². The Balaban J connectivity index is 2.45. The highest BCUT2D eigenvalue weighted by atomic mass is 19.1. The lowest BCUT2D eigenvalue weighted by Crippen LogP contribution is -2.44. The summed E-state index contributed by atoms with van der Waals surface area (Å²) in [7, 11) is 1.38. The van der Waals surface area contributed by atoms with Crippen LogP contribution >= 0.6 is 0 Å². The summed E-state index contributed by atoms with van der Waals surface area (Å²) < 4.78 is 18.5. The number of phenolic OH excluding ortho intramolecular Hbond substituents is 1. The molecule has 0 unspecified atom stereocenters. The summed E-state index contributed by atoms with van der Waals surface area (Å²) in [6.07, 6.45) is 2.52. The number of ether oxygens (including phenoxy) is 1. The fourth-order valence-corrected chi connectivity index (χ4v) is 1.92. The molecule has 1 aromatic rings. The van der Waals surface area contributed by atoms with E-state index in [1.54, 1.807) is 0 Å². The van der Waals surface area contributed by atoms with E-state index in [2.05, 4.69) is 0 Å². The van der Waals surface area contributed by atoms with Crippen molar-refractivity contribution in [1.82, 2.24) is 0 Å². The van der Waals surface area contributed by atoms with Crippen molar-refractivity contribution in [3.8, 4) is 11.5 Å². The Morgan fingerprint density at radius 3 is 2.60 bits per heavy atom. The number of nitrogens with two attached hydrogens (primary N) is 1. The molecule has 3 nitrogen and oxygen atoms in total. The molecule has 0 saturated heterocycles. The van der Waals surface area contributed by atoms with Crippen molar-refractivity contribution in [2.75, 3.05) is 7.11 Å². The van der Waals surface area contributed by atoms with Gasteiger partial charge in [0.05, 0.1) is 7.11 Å². The molecule has 0 amide bonds. The van der Waals surface area contributed by atoms with Crippen LogP contribution in [0.15, 0.2) is 12.1 Å². The third-order valence-corrected chi connectivity index (χ3v) is 3.05.